The third-order valence-corrected chi connectivity index (χ3v) is 3.62. The molecule has 136 valence electrons. The summed E-state index contributed by atoms with van der Waals surface area (Å²) in [4.78, 5) is 26.3. The van der Waals surface area contributed by atoms with Crippen molar-refractivity contribution in [2.75, 3.05) is 12.4 Å². The maximum atomic E-state index is 12.4. The first-order valence-electron chi connectivity index (χ1n) is 7.89. The van der Waals surface area contributed by atoms with E-state index in [4.69, 9.17) is 9.47 Å². The van der Waals surface area contributed by atoms with E-state index in [1.807, 2.05) is 0 Å². The lowest BCUT2D eigenvalue weighted by atomic mass is 10.2. The van der Waals surface area contributed by atoms with Crippen LogP contribution in [-0.2, 0) is 0 Å². The van der Waals surface area contributed by atoms with Crippen LogP contribution in [0.2, 0.25) is 0 Å². The average molecular weight is 365 g/mol. The number of ether oxygens (including phenoxy) is 2. The quantitative estimate of drug-likeness (QED) is 0.522. The van der Waals surface area contributed by atoms with Gasteiger partial charge in [0.25, 0.3) is 11.6 Å². The second-order valence-electron chi connectivity index (χ2n) is 5.39. The number of pyridine rings is 1. The molecular formula is C19H15N3O5. The number of hydrogen-bond donors (Lipinski definition) is 1. The predicted molar refractivity (Wildman–Crippen MR) is 98.4 cm³/mol. The van der Waals surface area contributed by atoms with Gasteiger partial charge in [-0.05, 0) is 36.4 Å². The zero-order valence-electron chi connectivity index (χ0n) is 14.3. The monoisotopic (exact) mass is 365 g/mol. The molecule has 27 heavy (non-hydrogen) atoms. The Morgan fingerprint density at radius 3 is 2.44 bits per heavy atom. The molecule has 1 heterocycles. The Morgan fingerprint density at radius 2 is 1.81 bits per heavy atom. The van der Waals surface area contributed by atoms with Crippen LogP contribution in [0.1, 0.15) is 10.4 Å². The van der Waals surface area contributed by atoms with E-state index in [9.17, 15) is 14.9 Å². The number of carbonyl (C=O) groups is 1. The van der Waals surface area contributed by atoms with Gasteiger partial charge < -0.3 is 14.8 Å². The van der Waals surface area contributed by atoms with Gasteiger partial charge >= 0.3 is 0 Å². The van der Waals surface area contributed by atoms with Crippen LogP contribution >= 0.6 is 0 Å². The van der Waals surface area contributed by atoms with Gasteiger partial charge in [0.05, 0.1) is 17.6 Å². The van der Waals surface area contributed by atoms with Gasteiger partial charge in [-0.15, -0.1) is 0 Å². The van der Waals surface area contributed by atoms with Crippen molar-refractivity contribution in [3.8, 4) is 17.4 Å². The smallest absolute Gasteiger partial charge is 0.287 e. The Hall–Kier alpha value is -3.94. The highest BCUT2D eigenvalue weighted by Crippen LogP contribution is 2.24. The lowest BCUT2D eigenvalue weighted by Gasteiger charge is -2.10. The SMILES string of the molecule is COc1ccccc1C(=O)Nc1ccc(Oc2ccc([N+](=O)[O-])cn2)cc1. The average Bonchev–Trinajstić information content (AvgIpc) is 2.69. The summed E-state index contributed by atoms with van der Waals surface area (Å²) in [6.45, 7) is 0. The molecule has 0 fully saturated rings. The van der Waals surface area contributed by atoms with E-state index < -0.39 is 4.92 Å². The van der Waals surface area contributed by atoms with E-state index in [1.54, 1.807) is 48.5 Å². The first kappa shape index (κ1) is 17.9. The molecule has 0 aliphatic carbocycles. The van der Waals surface area contributed by atoms with E-state index in [0.717, 1.165) is 6.20 Å². The maximum Gasteiger partial charge on any atom is 0.287 e. The van der Waals surface area contributed by atoms with E-state index >= 15 is 0 Å². The van der Waals surface area contributed by atoms with Crippen molar-refractivity contribution in [2.24, 2.45) is 0 Å². The molecule has 1 amide bonds. The molecule has 2 aromatic carbocycles. The van der Waals surface area contributed by atoms with Crippen molar-refractivity contribution >= 4 is 17.3 Å². The van der Waals surface area contributed by atoms with Crippen LogP contribution in [0.25, 0.3) is 0 Å². The van der Waals surface area contributed by atoms with Gasteiger partial charge in [-0.1, -0.05) is 12.1 Å². The van der Waals surface area contributed by atoms with Crippen LogP contribution < -0.4 is 14.8 Å². The summed E-state index contributed by atoms with van der Waals surface area (Å²) in [5, 5.41) is 13.4. The number of hydrogen-bond acceptors (Lipinski definition) is 6. The number of methoxy groups -OCH3 is 1. The first-order valence-corrected chi connectivity index (χ1v) is 7.89. The van der Waals surface area contributed by atoms with Crippen LogP contribution in [0.3, 0.4) is 0 Å². The fourth-order valence-electron chi connectivity index (χ4n) is 2.30. The van der Waals surface area contributed by atoms with Crippen molar-refractivity contribution in [1.29, 1.82) is 0 Å². The number of anilines is 1. The molecule has 8 nitrogen and oxygen atoms in total. The summed E-state index contributed by atoms with van der Waals surface area (Å²) in [6.07, 6.45) is 1.12. The van der Waals surface area contributed by atoms with Crippen LogP contribution in [0.4, 0.5) is 11.4 Å². The molecule has 0 spiro atoms. The van der Waals surface area contributed by atoms with Gasteiger partial charge in [0.15, 0.2) is 0 Å². The third kappa shape index (κ3) is 4.37. The lowest BCUT2D eigenvalue weighted by Crippen LogP contribution is -2.12. The first-order chi connectivity index (χ1) is 13.1. The summed E-state index contributed by atoms with van der Waals surface area (Å²) in [5.74, 6) is 0.899. The van der Waals surface area contributed by atoms with Crippen molar-refractivity contribution in [2.45, 2.75) is 0 Å². The molecular weight excluding hydrogens is 350 g/mol. The van der Waals surface area contributed by atoms with Crippen LogP contribution in [-0.4, -0.2) is 22.9 Å². The number of nitro groups is 1. The zero-order chi connectivity index (χ0) is 19.2. The Morgan fingerprint density at radius 1 is 1.07 bits per heavy atom. The highest BCUT2D eigenvalue weighted by molar-refractivity contribution is 6.06. The standard InChI is InChI=1S/C19H15N3O5/c1-26-17-5-3-2-4-16(17)19(23)21-13-6-9-15(10-7-13)27-18-11-8-14(12-20-18)22(24)25/h2-12H,1H3,(H,21,23). The summed E-state index contributed by atoms with van der Waals surface area (Å²) in [7, 11) is 1.50. The summed E-state index contributed by atoms with van der Waals surface area (Å²) >= 11 is 0. The number of nitrogens with zero attached hydrogens (tertiary/aromatic N) is 2. The van der Waals surface area contributed by atoms with Crippen LogP contribution in [0, 0.1) is 10.1 Å². The fraction of sp³-hybridized carbons (Fsp3) is 0.0526. The predicted octanol–water partition coefficient (Wildman–Crippen LogP) is 4.04. The molecule has 3 rings (SSSR count). The molecule has 1 N–H and O–H groups in total. The van der Waals surface area contributed by atoms with Crippen LogP contribution in [0.5, 0.6) is 17.4 Å². The second-order valence-corrected chi connectivity index (χ2v) is 5.39. The fourth-order valence-corrected chi connectivity index (χ4v) is 2.30. The van der Waals surface area contributed by atoms with Gasteiger partial charge in [0.1, 0.15) is 17.7 Å². The minimum absolute atomic E-state index is 0.114. The number of amides is 1. The van der Waals surface area contributed by atoms with Crippen molar-refractivity contribution < 1.29 is 19.2 Å². The minimum atomic E-state index is -0.532. The zero-order valence-corrected chi connectivity index (χ0v) is 14.3. The number of nitrogens with one attached hydrogen (secondary N) is 1. The molecule has 1 aromatic heterocycles. The van der Waals surface area contributed by atoms with Gasteiger partial charge in [-0.2, -0.15) is 0 Å². The Labute approximate surface area is 154 Å². The highest BCUT2D eigenvalue weighted by Gasteiger charge is 2.12. The molecule has 0 radical (unpaired) electrons. The van der Waals surface area contributed by atoms with E-state index in [-0.39, 0.29) is 17.5 Å². The number of benzene rings is 2. The minimum Gasteiger partial charge on any atom is -0.496 e. The van der Waals surface area contributed by atoms with E-state index in [2.05, 4.69) is 10.3 Å². The molecule has 8 heteroatoms. The van der Waals surface area contributed by atoms with Crippen molar-refractivity contribution in [3.05, 3.63) is 82.5 Å². The Kier molecular flexibility index (Phi) is 5.27. The van der Waals surface area contributed by atoms with E-state index in [1.165, 1.54) is 19.2 Å². The number of aromatic nitrogens is 1. The normalized spacial score (nSPS) is 10.1. The Balaban J connectivity index is 1.66. The van der Waals surface area contributed by atoms with Gasteiger partial charge in [0.2, 0.25) is 5.88 Å². The highest BCUT2D eigenvalue weighted by atomic mass is 16.6. The number of carbonyl (C=O) groups excluding carboxylic acids is 1. The second kappa shape index (κ2) is 7.96. The molecule has 0 atom stereocenters. The Bertz CT molecular complexity index is 956. The van der Waals surface area contributed by atoms with Crippen LogP contribution in [0.15, 0.2) is 66.9 Å². The number of para-hydroxylation sites is 1. The molecule has 3 aromatic rings. The molecule has 0 bridgehead atoms. The largest absolute Gasteiger partial charge is 0.496 e. The van der Waals surface area contributed by atoms with Crippen molar-refractivity contribution in [1.82, 2.24) is 4.98 Å². The summed E-state index contributed by atoms with van der Waals surface area (Å²) < 4.78 is 10.7. The van der Waals surface area contributed by atoms with Gasteiger partial charge in [-0.25, -0.2) is 4.98 Å². The van der Waals surface area contributed by atoms with Gasteiger partial charge in [0, 0.05) is 17.8 Å². The number of rotatable bonds is 6. The summed E-state index contributed by atoms with van der Waals surface area (Å²) in [5.41, 5.74) is 0.891. The lowest BCUT2D eigenvalue weighted by molar-refractivity contribution is -0.385. The third-order valence-electron chi connectivity index (χ3n) is 3.62. The van der Waals surface area contributed by atoms with E-state index in [0.29, 0.717) is 22.7 Å². The molecule has 0 saturated heterocycles. The molecule has 0 aliphatic rings. The van der Waals surface area contributed by atoms with Crippen molar-refractivity contribution in [3.63, 3.8) is 0 Å². The maximum absolute atomic E-state index is 12.4. The van der Waals surface area contributed by atoms with Gasteiger partial charge in [-0.3, -0.25) is 14.9 Å². The summed E-state index contributed by atoms with van der Waals surface area (Å²) in [6, 6.07) is 16.3. The molecule has 0 unspecified atom stereocenters. The molecule has 0 saturated carbocycles. The molecule has 0 aliphatic heterocycles. The topological polar surface area (TPSA) is 104 Å².